The molecule has 6 aromatic rings. The van der Waals surface area contributed by atoms with E-state index in [2.05, 4.69) is 40.3 Å². The Balaban J connectivity index is 0.000000211. The van der Waals surface area contributed by atoms with Crippen molar-refractivity contribution in [2.24, 2.45) is 0 Å². The average molecular weight is 1070 g/mol. The molecule has 20 nitrogen and oxygen atoms in total. The third-order valence-corrected chi connectivity index (χ3v) is 18.0. The molecule has 0 N–H and O–H groups in total. The maximum atomic E-state index is 13.6. The number of halogens is 2. The normalized spacial score (nSPS) is 19.7. The highest BCUT2D eigenvalue weighted by Crippen LogP contribution is 2.40. The van der Waals surface area contributed by atoms with Gasteiger partial charge in [0.2, 0.25) is 0 Å². The van der Waals surface area contributed by atoms with Crippen LogP contribution in [0.2, 0.25) is 10.0 Å². The van der Waals surface area contributed by atoms with E-state index in [9.17, 15) is 16.8 Å². The zero-order valence-corrected chi connectivity index (χ0v) is 44.9. The van der Waals surface area contributed by atoms with Crippen molar-refractivity contribution < 1.29 is 45.3 Å². The van der Waals surface area contributed by atoms with Crippen molar-refractivity contribution in [3.8, 4) is 34.4 Å². The summed E-state index contributed by atoms with van der Waals surface area (Å²) in [4.78, 5) is 16.8. The predicted octanol–water partition coefficient (Wildman–Crippen LogP) is 7.45. The summed E-state index contributed by atoms with van der Waals surface area (Å²) in [6.07, 6.45) is 7.44. The van der Waals surface area contributed by atoms with Gasteiger partial charge in [0.15, 0.2) is 31.3 Å². The first kappa shape index (κ1) is 54.3. The number of benzene rings is 2. The molecule has 0 unspecified atom stereocenters. The van der Waals surface area contributed by atoms with Crippen LogP contribution < -0.4 is 18.9 Å². The lowest BCUT2D eigenvalue weighted by Crippen LogP contribution is -2.27. The molecule has 2 aliphatic rings. The Kier molecular flexibility index (Phi) is 17.4. The number of methoxy groups -OCH3 is 4. The Bertz CT molecular complexity index is 2790. The first-order valence-corrected chi connectivity index (χ1v) is 27.4. The van der Waals surface area contributed by atoms with Gasteiger partial charge in [0.25, 0.3) is 0 Å². The molecule has 0 bridgehead atoms. The van der Waals surface area contributed by atoms with E-state index in [0.29, 0.717) is 80.9 Å². The molecular weight excluding hydrogens is 1010 g/mol. The van der Waals surface area contributed by atoms with Gasteiger partial charge < -0.3 is 28.4 Å². The lowest BCUT2D eigenvalue weighted by Gasteiger charge is -2.21. The van der Waals surface area contributed by atoms with Gasteiger partial charge in [-0.15, -0.1) is 20.4 Å². The lowest BCUT2D eigenvalue weighted by molar-refractivity contribution is 0.123. The molecule has 4 aromatic heterocycles. The van der Waals surface area contributed by atoms with Gasteiger partial charge in [-0.1, -0.05) is 49.2 Å². The molecule has 0 saturated carbocycles. The number of hydrogen-bond acceptors (Lipinski definition) is 18. The van der Waals surface area contributed by atoms with Crippen molar-refractivity contribution >= 4 is 42.9 Å². The Morgan fingerprint density at radius 1 is 0.569 bits per heavy atom. The van der Waals surface area contributed by atoms with Crippen LogP contribution in [-0.4, -0.2) is 131 Å². The molecule has 2 saturated heterocycles. The lowest BCUT2D eigenvalue weighted by atomic mass is 10.1. The van der Waals surface area contributed by atoms with Gasteiger partial charge in [-0.2, -0.15) is 0 Å². The minimum absolute atomic E-state index is 0.0580. The first-order chi connectivity index (χ1) is 34.3. The van der Waals surface area contributed by atoms with Crippen LogP contribution in [0, 0.1) is 0 Å². The standard InChI is InChI=1S/2C24H30ClN5O5S/c2*1-14-9-17(12-35-14)24-29-28-21(30(24)22-19(33-4)7-6-8-20(22)34-5)13-36(31,32)16(3)15(2)23-26-10-18(25)11-27-23/h2*6-8,10-11,14-17H,9,12-13H2,1-5H3/t14-,15+,16+,17+;14-,15-,16-,17+/m10/s1. The molecule has 72 heavy (non-hydrogen) atoms. The molecule has 8 rings (SSSR count). The minimum atomic E-state index is -3.71. The van der Waals surface area contributed by atoms with Crippen molar-refractivity contribution in [1.29, 1.82) is 0 Å². The van der Waals surface area contributed by atoms with Gasteiger partial charge in [0.05, 0.1) is 74.4 Å². The van der Waals surface area contributed by atoms with Gasteiger partial charge in [-0.3, -0.25) is 9.13 Å². The van der Waals surface area contributed by atoms with E-state index in [1.807, 2.05) is 13.8 Å². The van der Waals surface area contributed by atoms with Crippen molar-refractivity contribution in [3.05, 3.63) is 106 Å². The average Bonchev–Trinajstić information content (AvgIpc) is 4.20. The van der Waals surface area contributed by atoms with Crippen LogP contribution >= 0.6 is 23.2 Å². The van der Waals surface area contributed by atoms with Gasteiger partial charge in [0, 0.05) is 48.5 Å². The fraction of sp³-hybridized carbons (Fsp3) is 0.500. The highest BCUT2D eigenvalue weighted by molar-refractivity contribution is 7.91. The molecule has 0 amide bonds. The Hall–Kier alpha value is -5.52. The molecule has 388 valence electrons. The summed E-state index contributed by atoms with van der Waals surface area (Å²) in [6.45, 7) is 11.8. The summed E-state index contributed by atoms with van der Waals surface area (Å²) < 4.78 is 92.0. The highest BCUT2D eigenvalue weighted by Gasteiger charge is 2.38. The van der Waals surface area contributed by atoms with Crippen LogP contribution in [0.4, 0.5) is 0 Å². The first-order valence-electron chi connectivity index (χ1n) is 23.2. The van der Waals surface area contributed by atoms with E-state index in [1.54, 1.807) is 102 Å². The van der Waals surface area contributed by atoms with E-state index >= 15 is 0 Å². The third-order valence-electron chi connectivity index (χ3n) is 13.2. The second-order valence-electron chi connectivity index (χ2n) is 17.9. The number of hydrogen-bond donors (Lipinski definition) is 0. The smallest absolute Gasteiger partial charge is 0.160 e. The van der Waals surface area contributed by atoms with Crippen LogP contribution in [0.5, 0.6) is 23.0 Å². The molecule has 2 aliphatic heterocycles. The molecule has 2 aromatic carbocycles. The molecule has 8 atom stereocenters. The van der Waals surface area contributed by atoms with Gasteiger partial charge in [-0.05, 0) is 64.8 Å². The third kappa shape index (κ3) is 11.8. The second kappa shape index (κ2) is 23.1. The van der Waals surface area contributed by atoms with E-state index < -0.39 is 42.0 Å². The maximum absolute atomic E-state index is 13.6. The SMILES string of the molecule is COc1cccc(OC)c1-n1c(CS(=O)(=O)[C@@H](C)[C@H](C)c2ncc(Cl)cn2)nnc1[C@@H]1CO[C@H](C)C1.COc1cccc(OC)c1-n1c(CS(=O)(=O)[C@@H](C)[C@H](C)c2ncc(Cl)cn2)nnc1[C@H]1CO[C@@H](C)C1. The molecule has 0 spiro atoms. The van der Waals surface area contributed by atoms with E-state index in [4.69, 9.17) is 51.6 Å². The minimum Gasteiger partial charge on any atom is -0.494 e. The quantitative estimate of drug-likeness (QED) is 0.0812. The van der Waals surface area contributed by atoms with Crippen molar-refractivity contribution in [2.75, 3.05) is 41.7 Å². The zero-order valence-electron chi connectivity index (χ0n) is 41.8. The van der Waals surface area contributed by atoms with Crippen molar-refractivity contribution in [1.82, 2.24) is 49.5 Å². The second-order valence-corrected chi connectivity index (χ2v) is 23.5. The molecular formula is C48H60Cl2N10O10S2. The summed E-state index contributed by atoms with van der Waals surface area (Å²) in [6, 6.07) is 10.8. The number of sulfone groups is 2. The molecule has 6 heterocycles. The van der Waals surface area contributed by atoms with Crippen LogP contribution in [0.15, 0.2) is 61.2 Å². The van der Waals surface area contributed by atoms with Crippen LogP contribution in [-0.2, 0) is 40.7 Å². The van der Waals surface area contributed by atoms with Crippen molar-refractivity contribution in [3.63, 3.8) is 0 Å². The number of para-hydroxylation sites is 2. The summed E-state index contributed by atoms with van der Waals surface area (Å²) in [7, 11) is -1.22. The van der Waals surface area contributed by atoms with E-state index in [-0.39, 0.29) is 47.2 Å². The topological polar surface area (TPSA) is 237 Å². The van der Waals surface area contributed by atoms with Crippen LogP contribution in [0.3, 0.4) is 0 Å². The number of rotatable bonds is 18. The molecule has 2 fully saturated rings. The van der Waals surface area contributed by atoms with Crippen LogP contribution in [0.1, 0.15) is 113 Å². The zero-order chi connectivity index (χ0) is 52.1. The maximum Gasteiger partial charge on any atom is 0.160 e. The summed E-state index contributed by atoms with van der Waals surface area (Å²) >= 11 is 11.8. The molecule has 0 aliphatic carbocycles. The van der Waals surface area contributed by atoms with E-state index in [1.165, 1.54) is 24.8 Å². The summed E-state index contributed by atoms with van der Waals surface area (Å²) in [5.41, 5.74) is 1.10. The highest BCUT2D eigenvalue weighted by atomic mass is 35.5. The Labute approximate surface area is 430 Å². The van der Waals surface area contributed by atoms with Crippen molar-refractivity contribution in [2.45, 2.75) is 112 Å². The largest absolute Gasteiger partial charge is 0.494 e. The van der Waals surface area contributed by atoms with Gasteiger partial charge in [-0.25, -0.2) is 36.8 Å². The predicted molar refractivity (Wildman–Crippen MR) is 270 cm³/mol. The number of nitrogens with zero attached hydrogens (tertiary/aromatic N) is 10. The fourth-order valence-electron chi connectivity index (χ4n) is 8.74. The summed E-state index contributed by atoms with van der Waals surface area (Å²) in [5.74, 6) is 2.86. The van der Waals surface area contributed by atoms with Crippen LogP contribution in [0.25, 0.3) is 11.4 Å². The molecule has 0 radical (unpaired) electrons. The number of ether oxygens (including phenoxy) is 6. The van der Waals surface area contributed by atoms with Gasteiger partial charge in [0.1, 0.15) is 69.2 Å². The number of aromatic nitrogens is 10. The fourth-order valence-corrected chi connectivity index (χ4v) is 12.0. The van der Waals surface area contributed by atoms with Gasteiger partial charge >= 0.3 is 0 Å². The molecule has 24 heteroatoms. The monoisotopic (exact) mass is 1070 g/mol. The Morgan fingerprint density at radius 3 is 1.17 bits per heavy atom. The Morgan fingerprint density at radius 2 is 0.889 bits per heavy atom. The van der Waals surface area contributed by atoms with E-state index in [0.717, 1.165) is 12.8 Å². The summed E-state index contributed by atoms with van der Waals surface area (Å²) in [5, 5.41) is 16.7.